The number of ether oxygens (including phenoxy) is 4. The first-order chi connectivity index (χ1) is 23.0. The van der Waals surface area contributed by atoms with Crippen LogP contribution in [0.25, 0.3) is 10.9 Å². The lowest BCUT2D eigenvalue weighted by Crippen LogP contribution is -2.35. The van der Waals surface area contributed by atoms with Gasteiger partial charge < -0.3 is 35.3 Å². The Bertz CT molecular complexity index is 1670. The largest absolute Gasteiger partial charge is 0.493 e. The third-order valence-electron chi connectivity index (χ3n) is 7.37. The Kier molecular flexibility index (Phi) is 12.4. The van der Waals surface area contributed by atoms with Crippen molar-refractivity contribution in [2.45, 2.75) is 64.3 Å². The van der Waals surface area contributed by atoms with Crippen molar-refractivity contribution in [2.24, 2.45) is 5.73 Å². The number of rotatable bonds is 15. The predicted molar refractivity (Wildman–Crippen MR) is 177 cm³/mol. The molecule has 0 radical (unpaired) electrons. The minimum absolute atomic E-state index is 0.117. The number of alkyl halides is 3. The summed E-state index contributed by atoms with van der Waals surface area (Å²) in [4.78, 5) is 29.1. The highest BCUT2D eigenvalue weighted by molar-refractivity contribution is 5.99. The van der Waals surface area contributed by atoms with Gasteiger partial charge in [-0.2, -0.15) is 13.2 Å². The molecule has 0 aliphatic rings. The van der Waals surface area contributed by atoms with E-state index in [9.17, 15) is 22.8 Å². The van der Waals surface area contributed by atoms with Crippen molar-refractivity contribution in [2.75, 3.05) is 24.4 Å². The number of hydrogen-bond acceptors (Lipinski definition) is 8. The van der Waals surface area contributed by atoms with Gasteiger partial charge in [0.2, 0.25) is 0 Å². The number of carbonyl (C=O) groups excluding carboxylic acids is 2. The molecular weight excluding hydrogens is 629 g/mol. The van der Waals surface area contributed by atoms with E-state index in [0.29, 0.717) is 59.0 Å². The lowest BCUT2D eigenvalue weighted by Gasteiger charge is -2.18. The van der Waals surface area contributed by atoms with Crippen LogP contribution < -0.4 is 30.6 Å². The number of pyridine rings is 1. The van der Waals surface area contributed by atoms with Crippen molar-refractivity contribution in [1.82, 2.24) is 4.98 Å². The number of hydrogen-bond donors (Lipinski definition) is 3. The van der Waals surface area contributed by atoms with E-state index < -0.39 is 29.8 Å². The minimum atomic E-state index is -4.46. The van der Waals surface area contributed by atoms with E-state index in [1.807, 2.05) is 13.8 Å². The SMILES string of the molecule is CCCC(CC)OC(=O)[C@H](N)CCCOc1cc2nccc(Oc3ccc(NC(=O)Nc4ccc(C(F)(F)F)cc4)cc3)c2cc1OC. The van der Waals surface area contributed by atoms with Crippen molar-refractivity contribution < 1.29 is 41.7 Å². The monoisotopic (exact) mass is 668 g/mol. The lowest BCUT2D eigenvalue weighted by molar-refractivity contribution is -0.151. The van der Waals surface area contributed by atoms with Gasteiger partial charge in [0.15, 0.2) is 11.5 Å². The van der Waals surface area contributed by atoms with Crippen LogP contribution in [-0.2, 0) is 15.7 Å². The first kappa shape index (κ1) is 35.8. The maximum atomic E-state index is 12.8. The van der Waals surface area contributed by atoms with Gasteiger partial charge in [-0.05, 0) is 86.3 Å². The van der Waals surface area contributed by atoms with E-state index in [1.165, 1.54) is 19.2 Å². The van der Waals surface area contributed by atoms with Gasteiger partial charge >= 0.3 is 18.2 Å². The molecule has 256 valence electrons. The predicted octanol–water partition coefficient (Wildman–Crippen LogP) is 8.31. The van der Waals surface area contributed by atoms with Gasteiger partial charge in [0.05, 0.1) is 24.8 Å². The van der Waals surface area contributed by atoms with Crippen LogP contribution in [-0.4, -0.2) is 42.8 Å². The summed E-state index contributed by atoms with van der Waals surface area (Å²) in [6.07, 6.45) is 0.449. The molecule has 1 aromatic heterocycles. The number of urea groups is 1. The highest BCUT2D eigenvalue weighted by atomic mass is 19.4. The zero-order valence-electron chi connectivity index (χ0n) is 26.9. The van der Waals surface area contributed by atoms with Gasteiger partial charge in [-0.1, -0.05) is 20.3 Å². The van der Waals surface area contributed by atoms with E-state index >= 15 is 0 Å². The molecule has 13 heteroatoms. The van der Waals surface area contributed by atoms with Crippen molar-refractivity contribution in [3.63, 3.8) is 0 Å². The molecule has 1 unspecified atom stereocenters. The maximum Gasteiger partial charge on any atom is 0.416 e. The number of nitrogens with zero attached hydrogens (tertiary/aromatic N) is 1. The molecule has 0 saturated carbocycles. The number of halogens is 3. The normalized spacial score (nSPS) is 12.6. The van der Waals surface area contributed by atoms with Gasteiger partial charge in [-0.25, -0.2) is 4.79 Å². The van der Waals surface area contributed by atoms with Crippen LogP contribution in [0.5, 0.6) is 23.0 Å². The zero-order valence-corrected chi connectivity index (χ0v) is 26.9. The van der Waals surface area contributed by atoms with Crippen LogP contribution in [0.2, 0.25) is 0 Å². The van der Waals surface area contributed by atoms with Crippen LogP contribution in [0.15, 0.2) is 72.9 Å². The van der Waals surface area contributed by atoms with Crippen LogP contribution in [0.1, 0.15) is 51.5 Å². The summed E-state index contributed by atoms with van der Waals surface area (Å²) < 4.78 is 61.5. The third kappa shape index (κ3) is 9.98. The zero-order chi connectivity index (χ0) is 34.7. The number of nitrogens with one attached hydrogen (secondary N) is 2. The molecule has 2 amide bonds. The highest BCUT2D eigenvalue weighted by Crippen LogP contribution is 2.37. The Morgan fingerprint density at radius 3 is 2.17 bits per heavy atom. The maximum absolute atomic E-state index is 12.8. The fourth-order valence-electron chi connectivity index (χ4n) is 4.78. The van der Waals surface area contributed by atoms with Crippen molar-refractivity contribution in [3.05, 3.63) is 78.5 Å². The Morgan fingerprint density at radius 1 is 0.896 bits per heavy atom. The summed E-state index contributed by atoms with van der Waals surface area (Å²) in [6.45, 7) is 4.32. The molecule has 4 aromatic rings. The molecule has 4 N–H and O–H groups in total. The van der Waals surface area contributed by atoms with Crippen LogP contribution in [0.3, 0.4) is 0 Å². The molecule has 48 heavy (non-hydrogen) atoms. The average Bonchev–Trinajstić information content (AvgIpc) is 3.06. The molecule has 0 bridgehead atoms. The first-order valence-corrected chi connectivity index (χ1v) is 15.6. The number of aromatic nitrogens is 1. The summed E-state index contributed by atoms with van der Waals surface area (Å²) in [7, 11) is 1.52. The number of esters is 1. The van der Waals surface area contributed by atoms with Crippen molar-refractivity contribution in [1.29, 1.82) is 0 Å². The highest BCUT2D eigenvalue weighted by Gasteiger charge is 2.30. The molecule has 0 aliphatic heterocycles. The van der Waals surface area contributed by atoms with Gasteiger partial charge in [-0.15, -0.1) is 0 Å². The fraction of sp³-hybridized carbons (Fsp3) is 0.343. The first-order valence-electron chi connectivity index (χ1n) is 15.6. The van der Waals surface area contributed by atoms with Gasteiger partial charge in [0.25, 0.3) is 0 Å². The van der Waals surface area contributed by atoms with Gasteiger partial charge in [-0.3, -0.25) is 9.78 Å². The topological polar surface area (TPSA) is 134 Å². The number of nitrogens with two attached hydrogens (primary N) is 1. The number of methoxy groups -OCH3 is 1. The number of fused-ring (bicyclic) bond motifs is 1. The summed E-state index contributed by atoms with van der Waals surface area (Å²) in [5.41, 5.74) is 6.49. The van der Waals surface area contributed by atoms with E-state index in [1.54, 1.807) is 48.7 Å². The van der Waals surface area contributed by atoms with Crippen LogP contribution >= 0.6 is 0 Å². The lowest BCUT2D eigenvalue weighted by atomic mass is 10.1. The van der Waals surface area contributed by atoms with Crippen molar-refractivity contribution in [3.8, 4) is 23.0 Å². The van der Waals surface area contributed by atoms with Crippen LogP contribution in [0.4, 0.5) is 29.3 Å². The molecule has 0 spiro atoms. The smallest absolute Gasteiger partial charge is 0.416 e. The molecule has 0 saturated heterocycles. The molecule has 3 aromatic carbocycles. The van der Waals surface area contributed by atoms with E-state index in [0.717, 1.165) is 31.4 Å². The summed E-state index contributed by atoms with van der Waals surface area (Å²) in [6, 6.07) is 14.6. The molecule has 10 nitrogen and oxygen atoms in total. The second-order valence-electron chi connectivity index (χ2n) is 11.0. The second-order valence-corrected chi connectivity index (χ2v) is 11.0. The second kappa shape index (κ2) is 16.7. The summed E-state index contributed by atoms with van der Waals surface area (Å²) in [5, 5.41) is 5.79. The van der Waals surface area contributed by atoms with Gasteiger partial charge in [0.1, 0.15) is 23.6 Å². The summed E-state index contributed by atoms with van der Waals surface area (Å²) in [5.74, 6) is 1.52. The Hall–Kier alpha value is -5.04. The van der Waals surface area contributed by atoms with E-state index in [-0.39, 0.29) is 11.8 Å². The molecule has 0 aliphatic carbocycles. The van der Waals surface area contributed by atoms with Crippen LogP contribution in [0, 0.1) is 0 Å². The van der Waals surface area contributed by atoms with Crippen molar-refractivity contribution >= 4 is 34.3 Å². The molecular formula is C35H39F3N4O6. The number of benzene rings is 3. The fourth-order valence-corrected chi connectivity index (χ4v) is 4.78. The Balaban J connectivity index is 1.33. The standard InChI is InChI=1S/C35H39F3N4O6/c1-4-7-25(5-2)48-33(43)28(39)8-6-19-46-32-21-29-27(20-31(32)45-3)30(17-18-40-29)47-26-15-13-24(14-16-26)42-34(44)41-23-11-9-22(10-12-23)35(36,37)38/h9-18,20-21,25,28H,4-8,19,39H2,1-3H3,(H2,41,42,44)/t25?,28-/m1/s1. The Morgan fingerprint density at radius 2 is 1.56 bits per heavy atom. The summed E-state index contributed by atoms with van der Waals surface area (Å²) >= 11 is 0. The van der Waals surface area contributed by atoms with Gasteiger partial charge in [0, 0.05) is 29.0 Å². The molecule has 4 rings (SSSR count). The number of carbonyl (C=O) groups is 2. The average molecular weight is 669 g/mol. The molecule has 1 heterocycles. The minimum Gasteiger partial charge on any atom is -0.493 e. The number of anilines is 2. The molecule has 0 fully saturated rings. The molecule has 2 atom stereocenters. The van der Waals surface area contributed by atoms with E-state index in [2.05, 4.69) is 15.6 Å². The quantitative estimate of drug-likeness (QED) is 0.0851. The third-order valence-corrected chi connectivity index (χ3v) is 7.37. The Labute approximate surface area is 276 Å². The van der Waals surface area contributed by atoms with E-state index in [4.69, 9.17) is 24.7 Å². The number of amides is 2.